The van der Waals surface area contributed by atoms with Gasteiger partial charge in [0.1, 0.15) is 19.3 Å². The minimum absolute atomic E-state index is 0. The first-order valence-electron chi connectivity index (χ1n) is 10.2. The van der Waals surface area contributed by atoms with Crippen LogP contribution in [0, 0.1) is 0 Å². The van der Waals surface area contributed by atoms with E-state index < -0.39 is 0 Å². The van der Waals surface area contributed by atoms with Gasteiger partial charge in [0.05, 0.1) is 12.6 Å². The third-order valence-corrected chi connectivity index (χ3v) is 6.72. The molecule has 1 aromatic rings. The molecule has 1 spiro atoms. The standard InChI is InChI=1S/C21H28N2O4.ClH/c1-14-15-10-17-18(27-9-8-26-17)11-16(15)21(4-2-3-5-21)13-23(14)20(24)19-12-22-6-7-25-19;/h10-11,14,19,22H,2-9,12-13H2,1H3;1H. The Hall–Kier alpha value is -1.50. The van der Waals surface area contributed by atoms with Crippen molar-refractivity contribution in [2.75, 3.05) is 39.5 Å². The highest BCUT2D eigenvalue weighted by Gasteiger charge is 2.47. The second-order valence-electron chi connectivity index (χ2n) is 8.28. The van der Waals surface area contributed by atoms with E-state index in [9.17, 15) is 4.79 Å². The zero-order chi connectivity index (χ0) is 18.4. The molecule has 6 nitrogen and oxygen atoms in total. The van der Waals surface area contributed by atoms with Gasteiger partial charge < -0.3 is 24.4 Å². The molecule has 7 heteroatoms. The number of nitrogens with zero attached hydrogens (tertiary/aromatic N) is 1. The van der Waals surface area contributed by atoms with Crippen molar-refractivity contribution in [2.45, 2.75) is 50.2 Å². The van der Waals surface area contributed by atoms with Crippen molar-refractivity contribution in [3.05, 3.63) is 23.3 Å². The zero-order valence-electron chi connectivity index (χ0n) is 16.4. The zero-order valence-corrected chi connectivity index (χ0v) is 17.2. The van der Waals surface area contributed by atoms with E-state index in [0.29, 0.717) is 26.4 Å². The summed E-state index contributed by atoms with van der Waals surface area (Å²) in [7, 11) is 0. The van der Waals surface area contributed by atoms with Crippen LogP contribution in [0.3, 0.4) is 0 Å². The maximum absolute atomic E-state index is 13.3. The summed E-state index contributed by atoms with van der Waals surface area (Å²) in [5, 5.41) is 3.28. The van der Waals surface area contributed by atoms with Crippen molar-refractivity contribution in [1.82, 2.24) is 10.2 Å². The molecule has 2 atom stereocenters. The second kappa shape index (κ2) is 7.73. The first-order chi connectivity index (χ1) is 13.2. The number of amides is 1. The van der Waals surface area contributed by atoms with E-state index in [1.807, 2.05) is 0 Å². The molecule has 28 heavy (non-hydrogen) atoms. The molecule has 2 fully saturated rings. The Bertz CT molecular complexity index is 744. The summed E-state index contributed by atoms with van der Waals surface area (Å²) in [6.07, 6.45) is 4.30. The average molecular weight is 409 g/mol. The Morgan fingerprint density at radius 1 is 1.14 bits per heavy atom. The maximum Gasteiger partial charge on any atom is 0.253 e. The highest BCUT2D eigenvalue weighted by Crippen LogP contribution is 2.52. The van der Waals surface area contributed by atoms with Gasteiger partial charge in [-0.15, -0.1) is 12.4 Å². The van der Waals surface area contributed by atoms with Gasteiger partial charge >= 0.3 is 0 Å². The number of nitrogens with one attached hydrogen (secondary N) is 1. The molecule has 1 aliphatic carbocycles. The number of carbonyl (C=O) groups is 1. The summed E-state index contributed by atoms with van der Waals surface area (Å²) in [5.41, 5.74) is 2.61. The van der Waals surface area contributed by atoms with Crippen LogP contribution in [0.25, 0.3) is 0 Å². The van der Waals surface area contributed by atoms with Gasteiger partial charge in [-0.25, -0.2) is 0 Å². The minimum atomic E-state index is -0.376. The normalized spacial score (nSPS) is 27.8. The van der Waals surface area contributed by atoms with Crippen LogP contribution >= 0.6 is 12.4 Å². The molecule has 1 N–H and O–H groups in total. The topological polar surface area (TPSA) is 60.0 Å². The molecule has 0 aromatic heterocycles. The van der Waals surface area contributed by atoms with Gasteiger partial charge in [0.15, 0.2) is 11.5 Å². The van der Waals surface area contributed by atoms with Gasteiger partial charge in [-0.2, -0.15) is 0 Å². The predicted octanol–water partition coefficient (Wildman–Crippen LogP) is 2.58. The van der Waals surface area contributed by atoms with Gasteiger partial charge in [-0.05, 0) is 43.0 Å². The molecule has 4 aliphatic rings. The van der Waals surface area contributed by atoms with Gasteiger partial charge in [0, 0.05) is 25.0 Å². The number of hydrogen-bond acceptors (Lipinski definition) is 5. The lowest BCUT2D eigenvalue weighted by Gasteiger charge is -2.47. The van der Waals surface area contributed by atoms with Crippen LogP contribution in [0.5, 0.6) is 11.5 Å². The fraction of sp³-hybridized carbons (Fsp3) is 0.667. The molecule has 0 radical (unpaired) electrons. The van der Waals surface area contributed by atoms with Crippen LogP contribution in [0.2, 0.25) is 0 Å². The Balaban J connectivity index is 0.00000192. The summed E-state index contributed by atoms with van der Waals surface area (Å²) >= 11 is 0. The lowest BCUT2D eigenvalue weighted by molar-refractivity contribution is -0.149. The van der Waals surface area contributed by atoms with E-state index in [2.05, 4.69) is 29.3 Å². The van der Waals surface area contributed by atoms with Crippen molar-refractivity contribution in [1.29, 1.82) is 0 Å². The number of rotatable bonds is 1. The van der Waals surface area contributed by atoms with Gasteiger partial charge in [-0.1, -0.05) is 12.8 Å². The molecular weight excluding hydrogens is 380 g/mol. The molecule has 1 aromatic carbocycles. The van der Waals surface area contributed by atoms with Crippen molar-refractivity contribution >= 4 is 18.3 Å². The summed E-state index contributed by atoms with van der Waals surface area (Å²) in [6, 6.07) is 4.33. The Morgan fingerprint density at radius 3 is 2.54 bits per heavy atom. The van der Waals surface area contributed by atoms with E-state index >= 15 is 0 Å². The monoisotopic (exact) mass is 408 g/mol. The molecule has 1 saturated heterocycles. The maximum atomic E-state index is 13.3. The van der Waals surface area contributed by atoms with Crippen molar-refractivity contribution in [3.63, 3.8) is 0 Å². The number of carbonyl (C=O) groups excluding carboxylic acids is 1. The van der Waals surface area contributed by atoms with Crippen molar-refractivity contribution in [2.24, 2.45) is 0 Å². The van der Waals surface area contributed by atoms with Crippen LogP contribution in [-0.4, -0.2) is 56.4 Å². The predicted molar refractivity (Wildman–Crippen MR) is 108 cm³/mol. The van der Waals surface area contributed by atoms with Crippen LogP contribution in [0.4, 0.5) is 0 Å². The van der Waals surface area contributed by atoms with Gasteiger partial charge in [-0.3, -0.25) is 4.79 Å². The number of ether oxygens (including phenoxy) is 3. The molecule has 2 unspecified atom stereocenters. The first-order valence-corrected chi connectivity index (χ1v) is 10.2. The highest BCUT2D eigenvalue weighted by atomic mass is 35.5. The van der Waals surface area contributed by atoms with Crippen molar-refractivity contribution in [3.8, 4) is 11.5 Å². The first kappa shape index (κ1) is 19.8. The van der Waals surface area contributed by atoms with Crippen LogP contribution in [0.1, 0.15) is 49.8 Å². The molecule has 5 rings (SSSR count). The highest BCUT2D eigenvalue weighted by molar-refractivity contribution is 5.85. The minimum Gasteiger partial charge on any atom is -0.486 e. The van der Waals surface area contributed by atoms with E-state index in [1.165, 1.54) is 24.0 Å². The smallest absolute Gasteiger partial charge is 0.253 e. The Kier molecular flexibility index (Phi) is 5.47. The van der Waals surface area contributed by atoms with E-state index in [0.717, 1.165) is 37.4 Å². The number of halogens is 1. The van der Waals surface area contributed by atoms with Crippen LogP contribution in [0.15, 0.2) is 12.1 Å². The van der Waals surface area contributed by atoms with E-state index in [1.54, 1.807) is 0 Å². The van der Waals surface area contributed by atoms with Gasteiger partial charge in [0.2, 0.25) is 0 Å². The number of fused-ring (bicyclic) bond motifs is 3. The number of hydrogen-bond donors (Lipinski definition) is 1. The molecule has 154 valence electrons. The largest absolute Gasteiger partial charge is 0.486 e. The van der Waals surface area contributed by atoms with E-state index in [4.69, 9.17) is 14.2 Å². The van der Waals surface area contributed by atoms with Crippen molar-refractivity contribution < 1.29 is 19.0 Å². The van der Waals surface area contributed by atoms with E-state index in [-0.39, 0.29) is 35.9 Å². The molecule has 3 heterocycles. The molecular formula is C21H29ClN2O4. The fourth-order valence-electron chi connectivity index (χ4n) is 5.28. The lowest BCUT2D eigenvalue weighted by Crippen LogP contribution is -2.55. The lowest BCUT2D eigenvalue weighted by atomic mass is 9.71. The van der Waals surface area contributed by atoms with Crippen LogP contribution in [-0.2, 0) is 14.9 Å². The SMILES string of the molecule is CC1c2cc3c(cc2C2(CCCC2)CN1C(=O)C1CNCCO1)OCCO3.Cl. The Morgan fingerprint density at radius 2 is 1.86 bits per heavy atom. The fourth-order valence-corrected chi connectivity index (χ4v) is 5.28. The van der Waals surface area contributed by atoms with Crippen LogP contribution < -0.4 is 14.8 Å². The summed E-state index contributed by atoms with van der Waals surface area (Å²) in [6.45, 7) is 6.10. The van der Waals surface area contributed by atoms with Gasteiger partial charge in [0.25, 0.3) is 5.91 Å². The third-order valence-electron chi connectivity index (χ3n) is 6.72. The quantitative estimate of drug-likeness (QED) is 0.774. The number of morpholine rings is 1. The Labute approximate surface area is 172 Å². The summed E-state index contributed by atoms with van der Waals surface area (Å²) in [5.74, 6) is 1.78. The third kappa shape index (κ3) is 3.15. The molecule has 1 amide bonds. The average Bonchev–Trinajstić information content (AvgIpc) is 3.19. The number of benzene rings is 1. The molecule has 0 bridgehead atoms. The molecule has 1 saturated carbocycles. The second-order valence-corrected chi connectivity index (χ2v) is 8.28. The summed E-state index contributed by atoms with van der Waals surface area (Å²) in [4.78, 5) is 15.4. The molecule has 3 aliphatic heterocycles. The summed E-state index contributed by atoms with van der Waals surface area (Å²) < 4.78 is 17.5.